The van der Waals surface area contributed by atoms with Gasteiger partial charge in [-0.1, -0.05) is 0 Å². The highest BCUT2D eigenvalue weighted by molar-refractivity contribution is 7.07. The van der Waals surface area contributed by atoms with E-state index in [9.17, 15) is 8.78 Å². The SMILES string of the molecule is CCOC(C)C(/C=C(\NN)OC(F)F)Nc1cnc2cnn(Cc3cscn3)c2n1. The Bertz CT molecular complexity index is 966. The number of hydrazine groups is 1. The zero-order chi connectivity index (χ0) is 21.5. The number of hydrogen-bond acceptors (Lipinski definition) is 10. The van der Waals surface area contributed by atoms with Crippen LogP contribution in [0.4, 0.5) is 14.6 Å². The third-order valence-corrected chi connectivity index (χ3v) is 4.71. The molecule has 13 heteroatoms. The van der Waals surface area contributed by atoms with Gasteiger partial charge in [0, 0.05) is 18.1 Å². The average Bonchev–Trinajstić information content (AvgIpc) is 3.37. The van der Waals surface area contributed by atoms with Crippen molar-refractivity contribution in [3.63, 3.8) is 0 Å². The minimum Gasteiger partial charge on any atom is -0.418 e. The molecule has 0 aromatic carbocycles. The molecule has 4 N–H and O–H groups in total. The second kappa shape index (κ2) is 10.2. The molecule has 30 heavy (non-hydrogen) atoms. The Labute approximate surface area is 175 Å². The van der Waals surface area contributed by atoms with Crippen molar-refractivity contribution in [1.29, 1.82) is 0 Å². The molecular weight excluding hydrogens is 418 g/mol. The van der Waals surface area contributed by atoms with Gasteiger partial charge in [-0.2, -0.15) is 13.9 Å². The number of nitrogens with zero attached hydrogens (tertiary/aromatic N) is 5. The van der Waals surface area contributed by atoms with Gasteiger partial charge in [-0.3, -0.25) is 5.43 Å². The van der Waals surface area contributed by atoms with Gasteiger partial charge in [-0.05, 0) is 13.8 Å². The third kappa shape index (κ3) is 5.58. The number of nitrogens with one attached hydrogen (secondary N) is 2. The quantitative estimate of drug-likeness (QED) is 0.233. The van der Waals surface area contributed by atoms with Crippen molar-refractivity contribution in [2.75, 3.05) is 11.9 Å². The van der Waals surface area contributed by atoms with E-state index >= 15 is 0 Å². The van der Waals surface area contributed by atoms with Gasteiger partial charge in [-0.25, -0.2) is 25.5 Å². The number of nitrogens with two attached hydrogens (primary N) is 1. The highest BCUT2D eigenvalue weighted by Gasteiger charge is 2.19. The zero-order valence-electron chi connectivity index (χ0n) is 16.3. The number of ether oxygens (including phenoxy) is 2. The highest BCUT2D eigenvalue weighted by Crippen LogP contribution is 2.17. The number of hydrogen-bond donors (Lipinski definition) is 3. The van der Waals surface area contributed by atoms with Gasteiger partial charge in [-0.15, -0.1) is 11.3 Å². The molecule has 0 bridgehead atoms. The number of alkyl halides is 2. The lowest BCUT2D eigenvalue weighted by Crippen LogP contribution is -2.35. The molecule has 0 amide bonds. The summed E-state index contributed by atoms with van der Waals surface area (Å²) in [4.78, 5) is 13.2. The first-order valence-electron chi connectivity index (χ1n) is 9.07. The largest absolute Gasteiger partial charge is 0.418 e. The molecule has 0 spiro atoms. The average molecular weight is 440 g/mol. The van der Waals surface area contributed by atoms with Gasteiger partial charge in [0.05, 0.1) is 42.3 Å². The van der Waals surface area contributed by atoms with E-state index in [-0.39, 0.29) is 5.88 Å². The van der Waals surface area contributed by atoms with Crippen molar-refractivity contribution in [3.05, 3.63) is 40.9 Å². The molecule has 0 aliphatic rings. The van der Waals surface area contributed by atoms with Crippen LogP contribution in [-0.2, 0) is 16.0 Å². The fraction of sp³-hybridized carbons (Fsp3) is 0.412. The first-order valence-corrected chi connectivity index (χ1v) is 10.0. The van der Waals surface area contributed by atoms with Gasteiger partial charge >= 0.3 is 6.61 Å². The summed E-state index contributed by atoms with van der Waals surface area (Å²) in [7, 11) is 0. The van der Waals surface area contributed by atoms with Crippen LogP contribution < -0.4 is 16.6 Å². The third-order valence-electron chi connectivity index (χ3n) is 4.08. The fourth-order valence-corrected chi connectivity index (χ4v) is 3.26. The van der Waals surface area contributed by atoms with Crippen molar-refractivity contribution < 1.29 is 18.3 Å². The van der Waals surface area contributed by atoms with Crippen LogP contribution in [0, 0.1) is 0 Å². The summed E-state index contributed by atoms with van der Waals surface area (Å²) in [6.07, 6.45) is 4.11. The molecule has 2 unspecified atom stereocenters. The lowest BCUT2D eigenvalue weighted by atomic mass is 10.1. The van der Waals surface area contributed by atoms with Gasteiger partial charge in [0.2, 0.25) is 5.88 Å². The van der Waals surface area contributed by atoms with E-state index < -0.39 is 18.8 Å². The van der Waals surface area contributed by atoms with E-state index in [2.05, 4.69) is 35.5 Å². The summed E-state index contributed by atoms with van der Waals surface area (Å²) >= 11 is 1.50. The van der Waals surface area contributed by atoms with Crippen molar-refractivity contribution >= 4 is 28.3 Å². The molecule has 0 fully saturated rings. The van der Waals surface area contributed by atoms with Crippen molar-refractivity contribution in [2.24, 2.45) is 5.84 Å². The van der Waals surface area contributed by atoms with E-state index in [0.717, 1.165) is 5.69 Å². The number of fused-ring (bicyclic) bond motifs is 1. The zero-order valence-corrected chi connectivity index (χ0v) is 17.1. The molecular formula is C17H22F2N8O2S. The molecule has 3 aromatic rings. The van der Waals surface area contributed by atoms with Crippen LogP contribution in [0.15, 0.2) is 35.2 Å². The summed E-state index contributed by atoms with van der Waals surface area (Å²) in [6, 6.07) is -0.587. The van der Waals surface area contributed by atoms with Crippen LogP contribution in [0.2, 0.25) is 0 Å². The summed E-state index contributed by atoms with van der Waals surface area (Å²) in [5.41, 5.74) is 5.89. The Morgan fingerprint density at radius 3 is 2.87 bits per heavy atom. The topological polar surface area (TPSA) is 125 Å². The Balaban J connectivity index is 1.86. The van der Waals surface area contributed by atoms with Gasteiger partial charge in [0.15, 0.2) is 5.65 Å². The molecule has 2 atom stereocenters. The molecule has 3 aromatic heterocycles. The standard InChI is InChI=1S/C17H22F2N8O2S/c1-3-28-10(2)12(4-15(26-20)29-17(18)19)24-14-6-21-13-5-23-27(16(13)25-14)7-11-8-30-9-22-11/h4-6,8-10,12,17,26H,3,7,20H2,1-2H3,(H,24,25)/b15-4+. The Morgan fingerprint density at radius 1 is 1.37 bits per heavy atom. The molecule has 0 saturated carbocycles. The molecule has 3 heterocycles. The Hall–Kier alpha value is -2.90. The van der Waals surface area contributed by atoms with Crippen LogP contribution in [0.1, 0.15) is 19.5 Å². The van der Waals surface area contributed by atoms with Crippen LogP contribution in [0.25, 0.3) is 11.2 Å². The first-order chi connectivity index (χ1) is 14.5. The summed E-state index contributed by atoms with van der Waals surface area (Å²) < 4.78 is 36.8. The van der Waals surface area contributed by atoms with Crippen LogP contribution in [0.5, 0.6) is 0 Å². The summed E-state index contributed by atoms with van der Waals surface area (Å²) in [6.45, 7) is 1.48. The minimum atomic E-state index is -3.02. The maximum atomic E-state index is 12.6. The lowest BCUT2D eigenvalue weighted by molar-refractivity contribution is -0.102. The van der Waals surface area contributed by atoms with E-state index in [1.165, 1.54) is 23.6 Å². The molecule has 0 saturated heterocycles. The number of thiazole rings is 1. The van der Waals surface area contributed by atoms with E-state index in [1.807, 2.05) is 12.3 Å². The highest BCUT2D eigenvalue weighted by atomic mass is 32.1. The summed E-state index contributed by atoms with van der Waals surface area (Å²) in [5.74, 6) is 5.40. The normalized spacial score (nSPS) is 14.1. The molecule has 0 aliphatic carbocycles. The van der Waals surface area contributed by atoms with Gasteiger partial charge < -0.3 is 14.8 Å². The Kier molecular flexibility index (Phi) is 7.43. The fourth-order valence-electron chi connectivity index (χ4n) is 2.72. The van der Waals surface area contributed by atoms with E-state index in [1.54, 1.807) is 23.3 Å². The second-order valence-electron chi connectivity index (χ2n) is 6.13. The smallest absolute Gasteiger partial charge is 0.388 e. The van der Waals surface area contributed by atoms with Crippen LogP contribution in [-0.4, -0.2) is 50.1 Å². The van der Waals surface area contributed by atoms with Crippen molar-refractivity contribution in [3.8, 4) is 0 Å². The molecule has 162 valence electrons. The molecule has 3 rings (SSSR count). The predicted molar refractivity (Wildman–Crippen MR) is 108 cm³/mol. The Morgan fingerprint density at radius 2 is 2.20 bits per heavy atom. The van der Waals surface area contributed by atoms with Gasteiger partial charge in [0.25, 0.3) is 0 Å². The summed E-state index contributed by atoms with van der Waals surface area (Å²) in [5, 5.41) is 9.36. The number of rotatable bonds is 11. The maximum absolute atomic E-state index is 12.6. The molecule has 10 nitrogen and oxygen atoms in total. The monoisotopic (exact) mass is 440 g/mol. The van der Waals surface area contributed by atoms with Crippen LogP contribution in [0.3, 0.4) is 0 Å². The first kappa shape index (κ1) is 21.8. The number of halogens is 2. The maximum Gasteiger partial charge on any atom is 0.388 e. The van der Waals surface area contributed by atoms with Crippen LogP contribution >= 0.6 is 11.3 Å². The number of anilines is 1. The van der Waals surface area contributed by atoms with Crippen molar-refractivity contribution in [2.45, 2.75) is 39.1 Å². The van der Waals surface area contributed by atoms with E-state index in [4.69, 9.17) is 10.6 Å². The van der Waals surface area contributed by atoms with Gasteiger partial charge in [0.1, 0.15) is 11.3 Å². The molecule has 0 aliphatic heterocycles. The van der Waals surface area contributed by atoms with E-state index in [0.29, 0.717) is 30.1 Å². The van der Waals surface area contributed by atoms with Crippen molar-refractivity contribution in [1.82, 2.24) is 30.2 Å². The number of aromatic nitrogens is 5. The minimum absolute atomic E-state index is 0.295. The molecule has 0 radical (unpaired) electrons. The predicted octanol–water partition coefficient (Wildman–Crippen LogP) is 2.08. The lowest BCUT2D eigenvalue weighted by Gasteiger charge is -2.23. The second-order valence-corrected chi connectivity index (χ2v) is 6.85.